The topological polar surface area (TPSA) is 95.2 Å². The van der Waals surface area contributed by atoms with Crippen molar-refractivity contribution in [3.05, 3.63) is 91.3 Å². The van der Waals surface area contributed by atoms with Crippen molar-refractivity contribution in [1.29, 1.82) is 0 Å². The summed E-state index contributed by atoms with van der Waals surface area (Å²) >= 11 is 0. The minimum atomic E-state index is 0.0555. The summed E-state index contributed by atoms with van der Waals surface area (Å²) in [5, 5.41) is 4.37. The lowest BCUT2D eigenvalue weighted by Crippen LogP contribution is -2.21. The van der Waals surface area contributed by atoms with Gasteiger partial charge in [0, 0.05) is 30.7 Å². The van der Waals surface area contributed by atoms with E-state index in [-0.39, 0.29) is 12.0 Å². The van der Waals surface area contributed by atoms with Crippen LogP contribution >= 0.6 is 0 Å². The molecule has 0 aromatic carbocycles. The van der Waals surface area contributed by atoms with Crippen LogP contribution in [0.25, 0.3) is 0 Å². The van der Waals surface area contributed by atoms with E-state index in [1.807, 2.05) is 35.5 Å². The third kappa shape index (κ3) is 5.38. The van der Waals surface area contributed by atoms with Gasteiger partial charge in [0.1, 0.15) is 31.1 Å². The minimum Gasteiger partial charge on any atom is -0.265 e. The van der Waals surface area contributed by atoms with E-state index in [0.29, 0.717) is 11.8 Å². The fourth-order valence-electron chi connectivity index (χ4n) is 4.22. The molecule has 0 aliphatic rings. The SMILES string of the molecule is CC(CCC(CC(c1ncncn1)C(C)n1cncn1)c1ccncc1)c1cccnc1. The molecule has 0 saturated carbocycles. The molecule has 4 aromatic rings. The van der Waals surface area contributed by atoms with Crippen LogP contribution < -0.4 is 0 Å². The lowest BCUT2D eigenvalue weighted by molar-refractivity contribution is 0.345. The number of hydrogen-bond donors (Lipinski definition) is 0. The van der Waals surface area contributed by atoms with Gasteiger partial charge in [0.2, 0.25) is 0 Å². The number of pyridine rings is 2. The molecule has 4 heterocycles. The Hall–Kier alpha value is -3.55. The second-order valence-electron chi connectivity index (χ2n) is 8.20. The zero-order valence-electron chi connectivity index (χ0n) is 18.4. The van der Waals surface area contributed by atoms with Crippen molar-refractivity contribution in [2.45, 2.75) is 56.9 Å². The fraction of sp³-hybridized carbons (Fsp3) is 0.375. The second-order valence-corrected chi connectivity index (χ2v) is 8.20. The average molecular weight is 429 g/mol. The number of hydrogen-bond acceptors (Lipinski definition) is 7. The Morgan fingerprint density at radius 2 is 1.62 bits per heavy atom. The summed E-state index contributed by atoms with van der Waals surface area (Å²) in [5.74, 6) is 1.59. The average Bonchev–Trinajstić information content (AvgIpc) is 3.40. The van der Waals surface area contributed by atoms with Crippen LogP contribution in [0.15, 0.2) is 74.4 Å². The van der Waals surface area contributed by atoms with Crippen molar-refractivity contribution < 1.29 is 0 Å². The Morgan fingerprint density at radius 1 is 0.812 bits per heavy atom. The molecule has 0 aliphatic heterocycles. The fourth-order valence-corrected chi connectivity index (χ4v) is 4.22. The first kappa shape index (κ1) is 21.7. The van der Waals surface area contributed by atoms with Crippen LogP contribution in [-0.2, 0) is 0 Å². The molecule has 8 heteroatoms. The van der Waals surface area contributed by atoms with Crippen molar-refractivity contribution in [1.82, 2.24) is 39.7 Å². The molecule has 4 atom stereocenters. The zero-order chi connectivity index (χ0) is 22.2. The molecular formula is C24H28N8. The van der Waals surface area contributed by atoms with E-state index >= 15 is 0 Å². The molecule has 0 fully saturated rings. The van der Waals surface area contributed by atoms with E-state index < -0.39 is 0 Å². The largest absolute Gasteiger partial charge is 0.265 e. The summed E-state index contributed by atoms with van der Waals surface area (Å²) in [6.45, 7) is 4.41. The van der Waals surface area contributed by atoms with Crippen LogP contribution in [0.2, 0.25) is 0 Å². The van der Waals surface area contributed by atoms with E-state index in [9.17, 15) is 0 Å². The Morgan fingerprint density at radius 3 is 2.31 bits per heavy atom. The first-order chi connectivity index (χ1) is 15.7. The number of rotatable bonds is 10. The zero-order valence-corrected chi connectivity index (χ0v) is 18.4. The molecule has 0 bridgehead atoms. The van der Waals surface area contributed by atoms with Gasteiger partial charge in [0.05, 0.1) is 6.04 Å². The maximum Gasteiger partial charge on any atom is 0.137 e. The van der Waals surface area contributed by atoms with E-state index in [4.69, 9.17) is 0 Å². The Bertz CT molecular complexity index is 1040. The van der Waals surface area contributed by atoms with E-state index in [2.05, 4.69) is 67.0 Å². The van der Waals surface area contributed by atoms with Crippen molar-refractivity contribution in [2.24, 2.45) is 0 Å². The Labute approximate surface area is 188 Å². The standard InChI is InChI=1S/C24H28N8/c1-18(22-4-3-9-26-13-22)5-6-21(20-7-10-25-11-8-20)12-23(24-29-14-27-15-30-24)19(2)32-17-28-16-31-32/h3-4,7-11,13-19,21,23H,5-6,12H2,1-2H3. The molecule has 0 saturated heterocycles. The predicted molar refractivity (Wildman–Crippen MR) is 121 cm³/mol. The Kier molecular flexibility index (Phi) is 7.22. The van der Waals surface area contributed by atoms with Gasteiger partial charge < -0.3 is 0 Å². The molecule has 0 N–H and O–H groups in total. The monoisotopic (exact) mass is 428 g/mol. The molecule has 4 unspecified atom stereocenters. The summed E-state index contributed by atoms with van der Waals surface area (Å²) < 4.78 is 1.89. The van der Waals surface area contributed by atoms with Crippen molar-refractivity contribution in [3.63, 3.8) is 0 Å². The van der Waals surface area contributed by atoms with Gasteiger partial charge in [-0.25, -0.2) is 24.6 Å². The molecule has 4 rings (SSSR count). The lowest BCUT2D eigenvalue weighted by Gasteiger charge is -2.28. The third-order valence-corrected chi connectivity index (χ3v) is 6.20. The number of nitrogens with zero attached hydrogens (tertiary/aromatic N) is 8. The van der Waals surface area contributed by atoms with Crippen LogP contribution in [0.5, 0.6) is 0 Å². The van der Waals surface area contributed by atoms with Crippen molar-refractivity contribution in [3.8, 4) is 0 Å². The highest BCUT2D eigenvalue weighted by Gasteiger charge is 2.28. The van der Waals surface area contributed by atoms with Gasteiger partial charge in [0.15, 0.2) is 0 Å². The maximum absolute atomic E-state index is 4.50. The molecule has 164 valence electrons. The van der Waals surface area contributed by atoms with Gasteiger partial charge in [-0.3, -0.25) is 9.97 Å². The highest BCUT2D eigenvalue weighted by molar-refractivity contribution is 5.19. The summed E-state index contributed by atoms with van der Waals surface area (Å²) in [5.41, 5.74) is 2.55. The second kappa shape index (κ2) is 10.7. The highest BCUT2D eigenvalue weighted by atomic mass is 15.3. The molecule has 4 aromatic heterocycles. The van der Waals surface area contributed by atoms with E-state index in [1.54, 1.807) is 25.3 Å². The van der Waals surface area contributed by atoms with Gasteiger partial charge in [-0.15, -0.1) is 0 Å². The third-order valence-electron chi connectivity index (χ3n) is 6.20. The molecule has 8 nitrogen and oxygen atoms in total. The first-order valence-electron chi connectivity index (χ1n) is 11.0. The lowest BCUT2D eigenvalue weighted by atomic mass is 9.81. The van der Waals surface area contributed by atoms with Crippen LogP contribution in [0.4, 0.5) is 0 Å². The summed E-state index contributed by atoms with van der Waals surface area (Å²) in [6, 6.07) is 8.44. The highest BCUT2D eigenvalue weighted by Crippen LogP contribution is 2.39. The molecule has 0 radical (unpaired) electrons. The summed E-state index contributed by atoms with van der Waals surface area (Å²) in [4.78, 5) is 25.6. The minimum absolute atomic E-state index is 0.0555. The molecular weight excluding hydrogens is 400 g/mol. The predicted octanol–water partition coefficient (Wildman–Crippen LogP) is 4.36. The molecule has 32 heavy (non-hydrogen) atoms. The van der Waals surface area contributed by atoms with Crippen LogP contribution in [0, 0.1) is 0 Å². The maximum atomic E-state index is 4.50. The van der Waals surface area contributed by atoms with Crippen LogP contribution in [-0.4, -0.2) is 39.7 Å². The summed E-state index contributed by atoms with van der Waals surface area (Å²) in [6.07, 6.45) is 16.9. The Balaban J connectivity index is 1.58. The van der Waals surface area contributed by atoms with Crippen LogP contribution in [0.3, 0.4) is 0 Å². The number of aromatic nitrogens is 8. The van der Waals surface area contributed by atoms with Crippen molar-refractivity contribution in [2.75, 3.05) is 0 Å². The van der Waals surface area contributed by atoms with Crippen molar-refractivity contribution >= 4 is 0 Å². The van der Waals surface area contributed by atoms with Gasteiger partial charge in [-0.05, 0) is 67.3 Å². The molecule has 0 aliphatic carbocycles. The quantitative estimate of drug-likeness (QED) is 0.370. The van der Waals surface area contributed by atoms with Gasteiger partial charge in [-0.1, -0.05) is 13.0 Å². The first-order valence-corrected chi connectivity index (χ1v) is 11.0. The molecule has 0 spiro atoms. The normalized spacial score (nSPS) is 15.1. The van der Waals surface area contributed by atoms with Gasteiger partial charge in [-0.2, -0.15) is 5.10 Å². The summed E-state index contributed by atoms with van der Waals surface area (Å²) in [7, 11) is 0. The smallest absolute Gasteiger partial charge is 0.137 e. The van der Waals surface area contributed by atoms with E-state index in [1.165, 1.54) is 11.1 Å². The van der Waals surface area contributed by atoms with Crippen LogP contribution in [0.1, 0.15) is 73.9 Å². The van der Waals surface area contributed by atoms with E-state index in [0.717, 1.165) is 25.1 Å². The van der Waals surface area contributed by atoms with Gasteiger partial charge >= 0.3 is 0 Å². The molecule has 0 amide bonds. The van der Waals surface area contributed by atoms with Gasteiger partial charge in [0.25, 0.3) is 0 Å².